The smallest absolute Gasteiger partial charge is 0.129 e. The van der Waals surface area contributed by atoms with Gasteiger partial charge in [0.2, 0.25) is 0 Å². The zero-order valence-corrected chi connectivity index (χ0v) is 13.3. The monoisotopic (exact) mass is 314 g/mol. The van der Waals surface area contributed by atoms with E-state index in [0.29, 0.717) is 19.7 Å². The molecule has 3 nitrogen and oxygen atoms in total. The summed E-state index contributed by atoms with van der Waals surface area (Å²) in [6.07, 6.45) is 2.38. The Bertz CT molecular complexity index is 612. The zero-order chi connectivity index (χ0) is 15.9. The number of nitrogens with one attached hydrogen (secondary N) is 1. The fraction of sp³-hybridized carbons (Fsp3) is 0.368. The molecule has 23 heavy (non-hydrogen) atoms. The van der Waals surface area contributed by atoms with Crippen molar-refractivity contribution in [1.29, 1.82) is 0 Å². The summed E-state index contributed by atoms with van der Waals surface area (Å²) in [5, 5.41) is 3.28. The number of para-hydroxylation sites is 1. The van der Waals surface area contributed by atoms with Crippen LogP contribution >= 0.6 is 0 Å². The van der Waals surface area contributed by atoms with Gasteiger partial charge in [-0.05, 0) is 37.1 Å². The Morgan fingerprint density at radius 3 is 2.57 bits per heavy atom. The van der Waals surface area contributed by atoms with Gasteiger partial charge in [0.15, 0.2) is 0 Å². The summed E-state index contributed by atoms with van der Waals surface area (Å²) >= 11 is 0. The minimum atomic E-state index is -0.133. The van der Waals surface area contributed by atoms with E-state index in [-0.39, 0.29) is 5.82 Å². The molecule has 0 radical (unpaired) electrons. The standard InChI is InChI=1S/C19H23FN2O/c20-18-9-6-10-19(22-12-4-5-13-22)17(18)15-21-11-14-23-16-7-2-1-3-8-16/h1-3,6-10,21H,4-5,11-15H2. The molecule has 0 spiro atoms. The summed E-state index contributed by atoms with van der Waals surface area (Å²) in [4.78, 5) is 2.28. The third-order valence-electron chi connectivity index (χ3n) is 4.13. The summed E-state index contributed by atoms with van der Waals surface area (Å²) in [6, 6.07) is 15.1. The molecule has 0 unspecified atom stereocenters. The van der Waals surface area contributed by atoms with E-state index in [4.69, 9.17) is 4.74 Å². The fourth-order valence-electron chi connectivity index (χ4n) is 2.95. The van der Waals surface area contributed by atoms with E-state index in [2.05, 4.69) is 10.2 Å². The number of hydrogen-bond donors (Lipinski definition) is 1. The maximum absolute atomic E-state index is 14.2. The number of hydrogen-bond acceptors (Lipinski definition) is 3. The normalized spacial score (nSPS) is 14.2. The van der Waals surface area contributed by atoms with E-state index in [1.54, 1.807) is 6.07 Å². The number of halogens is 1. The molecule has 0 aliphatic carbocycles. The molecule has 1 fully saturated rings. The van der Waals surface area contributed by atoms with Crippen molar-refractivity contribution in [2.45, 2.75) is 19.4 Å². The molecule has 0 atom stereocenters. The Hall–Kier alpha value is -2.07. The molecule has 0 aromatic heterocycles. The number of rotatable bonds is 7. The highest BCUT2D eigenvalue weighted by molar-refractivity contribution is 5.54. The third kappa shape index (κ3) is 4.23. The molecule has 1 N–H and O–H groups in total. The van der Waals surface area contributed by atoms with Gasteiger partial charge in [-0.1, -0.05) is 24.3 Å². The molecule has 1 aliphatic rings. The number of anilines is 1. The lowest BCUT2D eigenvalue weighted by Crippen LogP contribution is -2.25. The van der Waals surface area contributed by atoms with Crippen LogP contribution in [0.15, 0.2) is 48.5 Å². The molecule has 1 saturated heterocycles. The average molecular weight is 314 g/mol. The molecular formula is C19H23FN2O. The maximum Gasteiger partial charge on any atom is 0.129 e. The number of nitrogens with zero attached hydrogens (tertiary/aromatic N) is 1. The molecule has 1 heterocycles. The first-order valence-electron chi connectivity index (χ1n) is 8.25. The highest BCUT2D eigenvalue weighted by Gasteiger charge is 2.17. The van der Waals surface area contributed by atoms with Crippen molar-refractivity contribution >= 4 is 5.69 Å². The molecule has 2 aromatic carbocycles. The van der Waals surface area contributed by atoms with Crippen molar-refractivity contribution in [2.24, 2.45) is 0 Å². The van der Waals surface area contributed by atoms with Gasteiger partial charge in [-0.3, -0.25) is 0 Å². The predicted octanol–water partition coefficient (Wildman–Crippen LogP) is 3.59. The van der Waals surface area contributed by atoms with Crippen molar-refractivity contribution < 1.29 is 9.13 Å². The van der Waals surface area contributed by atoms with E-state index in [0.717, 1.165) is 30.1 Å². The second-order valence-corrected chi connectivity index (χ2v) is 5.77. The third-order valence-corrected chi connectivity index (χ3v) is 4.13. The van der Waals surface area contributed by atoms with E-state index >= 15 is 0 Å². The second kappa shape index (κ2) is 7.97. The first-order chi connectivity index (χ1) is 11.3. The van der Waals surface area contributed by atoms with E-state index in [1.165, 1.54) is 18.9 Å². The number of benzene rings is 2. The summed E-state index contributed by atoms with van der Waals surface area (Å²) in [6.45, 7) is 3.82. The highest BCUT2D eigenvalue weighted by atomic mass is 19.1. The maximum atomic E-state index is 14.2. The van der Waals surface area contributed by atoms with Crippen LogP contribution in [0, 0.1) is 5.82 Å². The first kappa shape index (κ1) is 15.8. The highest BCUT2D eigenvalue weighted by Crippen LogP contribution is 2.26. The summed E-state index contributed by atoms with van der Waals surface area (Å²) in [5.74, 6) is 0.726. The number of ether oxygens (including phenoxy) is 1. The summed E-state index contributed by atoms with van der Waals surface area (Å²) < 4.78 is 19.8. The topological polar surface area (TPSA) is 24.5 Å². The van der Waals surface area contributed by atoms with Crippen LogP contribution in [0.3, 0.4) is 0 Å². The Kier molecular flexibility index (Phi) is 5.48. The lowest BCUT2D eigenvalue weighted by Gasteiger charge is -2.22. The van der Waals surface area contributed by atoms with E-state index in [1.807, 2.05) is 36.4 Å². The van der Waals surface area contributed by atoms with Gasteiger partial charge in [-0.15, -0.1) is 0 Å². The molecule has 0 amide bonds. The van der Waals surface area contributed by atoms with Crippen molar-refractivity contribution in [3.8, 4) is 5.75 Å². The van der Waals surface area contributed by atoms with Crippen molar-refractivity contribution in [3.63, 3.8) is 0 Å². The minimum Gasteiger partial charge on any atom is -0.492 e. The van der Waals surface area contributed by atoms with E-state index < -0.39 is 0 Å². The van der Waals surface area contributed by atoms with Gasteiger partial charge in [-0.25, -0.2) is 4.39 Å². The molecular weight excluding hydrogens is 291 g/mol. The lowest BCUT2D eigenvalue weighted by molar-refractivity contribution is 0.313. The van der Waals surface area contributed by atoms with Crippen LogP contribution < -0.4 is 15.0 Å². The zero-order valence-electron chi connectivity index (χ0n) is 13.3. The fourth-order valence-corrected chi connectivity index (χ4v) is 2.95. The average Bonchev–Trinajstić information content (AvgIpc) is 3.11. The van der Waals surface area contributed by atoms with Gasteiger partial charge < -0.3 is 15.0 Å². The van der Waals surface area contributed by atoms with Gasteiger partial charge in [0.05, 0.1) is 0 Å². The molecule has 0 saturated carbocycles. The van der Waals surface area contributed by atoms with Crippen molar-refractivity contribution in [2.75, 3.05) is 31.1 Å². The molecule has 3 rings (SSSR count). The van der Waals surface area contributed by atoms with Crippen LogP contribution in [0.1, 0.15) is 18.4 Å². The Morgan fingerprint density at radius 1 is 1.00 bits per heavy atom. The molecule has 0 bridgehead atoms. The molecule has 4 heteroatoms. The molecule has 122 valence electrons. The largest absolute Gasteiger partial charge is 0.492 e. The van der Waals surface area contributed by atoms with Crippen LogP contribution in [0.25, 0.3) is 0 Å². The van der Waals surface area contributed by atoms with Crippen LogP contribution in [0.5, 0.6) is 5.75 Å². The van der Waals surface area contributed by atoms with Gasteiger partial charge in [0.25, 0.3) is 0 Å². The summed E-state index contributed by atoms with van der Waals surface area (Å²) in [5.41, 5.74) is 1.79. The van der Waals surface area contributed by atoms with Crippen LogP contribution in [0.2, 0.25) is 0 Å². The van der Waals surface area contributed by atoms with E-state index in [9.17, 15) is 4.39 Å². The van der Waals surface area contributed by atoms with Crippen molar-refractivity contribution in [1.82, 2.24) is 5.32 Å². The first-order valence-corrected chi connectivity index (χ1v) is 8.25. The van der Waals surface area contributed by atoms with Gasteiger partial charge in [0, 0.05) is 37.4 Å². The van der Waals surface area contributed by atoms with Gasteiger partial charge >= 0.3 is 0 Å². The Morgan fingerprint density at radius 2 is 1.78 bits per heavy atom. The lowest BCUT2D eigenvalue weighted by atomic mass is 10.1. The van der Waals surface area contributed by atoms with Gasteiger partial charge in [0.1, 0.15) is 18.2 Å². The summed E-state index contributed by atoms with van der Waals surface area (Å²) in [7, 11) is 0. The van der Waals surface area contributed by atoms with Crippen molar-refractivity contribution in [3.05, 3.63) is 59.9 Å². The Labute approximate surface area is 137 Å². The quantitative estimate of drug-likeness (QED) is 0.790. The molecule has 1 aliphatic heterocycles. The van der Waals surface area contributed by atoms with Crippen LogP contribution in [-0.2, 0) is 6.54 Å². The van der Waals surface area contributed by atoms with Crippen LogP contribution in [-0.4, -0.2) is 26.2 Å². The SMILES string of the molecule is Fc1cccc(N2CCCC2)c1CNCCOc1ccccc1. The second-order valence-electron chi connectivity index (χ2n) is 5.77. The van der Waals surface area contributed by atoms with Gasteiger partial charge in [-0.2, -0.15) is 0 Å². The molecule has 2 aromatic rings. The minimum absolute atomic E-state index is 0.133. The van der Waals surface area contributed by atoms with Crippen LogP contribution in [0.4, 0.5) is 10.1 Å². The predicted molar refractivity (Wildman–Crippen MR) is 91.5 cm³/mol. The Balaban J connectivity index is 1.51.